The molecule has 4 aromatic rings. The summed E-state index contributed by atoms with van der Waals surface area (Å²) in [6.07, 6.45) is 2.84. The standard InChI is InChI=1S/C34H35N7O5S/c1-24-18-31(40(2)38-24)34(44)37-29-8-4-6-25(20-29)10-11-26-19-28(23-35-22-26)33(43)39-47(3,45)30-9-5-7-27(21-30)32(42)36-12-13-41-14-16-46-17-15-41/h4-9,18-23H,3,12-17H2,1-2H3,(H,36,42)(H,37,44)(H,39,43,45). The topological polar surface area (TPSA) is 148 Å². The molecule has 1 saturated heterocycles. The van der Waals surface area contributed by atoms with E-state index in [0.717, 1.165) is 18.8 Å². The molecule has 3 amide bonds. The lowest BCUT2D eigenvalue weighted by atomic mass is 10.1. The van der Waals surface area contributed by atoms with Crippen molar-refractivity contribution in [2.75, 3.05) is 44.7 Å². The van der Waals surface area contributed by atoms with E-state index >= 15 is 0 Å². The predicted molar refractivity (Wildman–Crippen MR) is 180 cm³/mol. The van der Waals surface area contributed by atoms with Crippen LogP contribution in [0.4, 0.5) is 5.69 Å². The third-order valence-electron chi connectivity index (χ3n) is 7.26. The van der Waals surface area contributed by atoms with E-state index in [9.17, 15) is 18.6 Å². The molecule has 47 heavy (non-hydrogen) atoms. The van der Waals surface area contributed by atoms with E-state index in [1.165, 1.54) is 29.2 Å². The Morgan fingerprint density at radius 3 is 2.47 bits per heavy atom. The molecule has 3 N–H and O–H groups in total. The van der Waals surface area contributed by atoms with Gasteiger partial charge in [0.15, 0.2) is 0 Å². The van der Waals surface area contributed by atoms with Crippen molar-refractivity contribution >= 4 is 39.0 Å². The Morgan fingerprint density at radius 2 is 1.70 bits per heavy atom. The van der Waals surface area contributed by atoms with Crippen LogP contribution in [0.3, 0.4) is 0 Å². The largest absolute Gasteiger partial charge is 0.379 e. The number of morpholine rings is 1. The highest BCUT2D eigenvalue weighted by molar-refractivity contribution is 7.99. The van der Waals surface area contributed by atoms with Crippen molar-refractivity contribution in [3.8, 4) is 11.8 Å². The van der Waals surface area contributed by atoms with Gasteiger partial charge in [0.1, 0.15) is 5.69 Å². The highest BCUT2D eigenvalue weighted by Crippen LogP contribution is 2.15. The first-order chi connectivity index (χ1) is 22.6. The van der Waals surface area contributed by atoms with Crippen LogP contribution in [0.25, 0.3) is 0 Å². The lowest BCUT2D eigenvalue weighted by molar-refractivity contribution is 0.0383. The summed E-state index contributed by atoms with van der Waals surface area (Å²) in [5.74, 6) is 8.47. The number of hydrogen-bond donors (Lipinski definition) is 3. The summed E-state index contributed by atoms with van der Waals surface area (Å²) in [4.78, 5) is 45.0. The molecule has 0 aliphatic carbocycles. The smallest absolute Gasteiger partial charge is 0.273 e. The minimum absolute atomic E-state index is 0.137. The first-order valence-corrected chi connectivity index (χ1v) is 16.6. The van der Waals surface area contributed by atoms with Crippen LogP contribution in [0.2, 0.25) is 0 Å². The molecule has 2 aromatic heterocycles. The van der Waals surface area contributed by atoms with E-state index in [2.05, 4.69) is 48.0 Å². The second kappa shape index (κ2) is 14.9. The number of aromatic nitrogens is 3. The van der Waals surface area contributed by atoms with Gasteiger partial charge >= 0.3 is 0 Å². The molecular weight excluding hydrogens is 618 g/mol. The summed E-state index contributed by atoms with van der Waals surface area (Å²) in [6, 6.07) is 16.5. The van der Waals surface area contributed by atoms with Gasteiger partial charge in [-0.25, -0.2) is 4.21 Å². The average molecular weight is 654 g/mol. The molecule has 1 unspecified atom stereocenters. The van der Waals surface area contributed by atoms with Gasteiger partial charge in [0.05, 0.1) is 39.1 Å². The van der Waals surface area contributed by atoms with Gasteiger partial charge in [-0.1, -0.05) is 24.0 Å². The zero-order valence-corrected chi connectivity index (χ0v) is 26.9. The van der Waals surface area contributed by atoms with Crippen LogP contribution in [-0.2, 0) is 21.5 Å². The fraction of sp³-hybridized carbons (Fsp3) is 0.235. The van der Waals surface area contributed by atoms with E-state index in [-0.39, 0.29) is 22.3 Å². The highest BCUT2D eigenvalue weighted by Gasteiger charge is 2.17. The molecule has 0 radical (unpaired) electrons. The number of carbonyl (C=O) groups excluding carboxylic acids is 3. The Hall–Kier alpha value is -5.29. The maximum atomic E-state index is 13.5. The lowest BCUT2D eigenvalue weighted by Gasteiger charge is -2.26. The number of ether oxygens (including phenoxy) is 1. The number of aryl methyl sites for hydroxylation is 2. The number of nitrogens with one attached hydrogen (secondary N) is 3. The average Bonchev–Trinajstić information content (AvgIpc) is 3.42. The van der Waals surface area contributed by atoms with E-state index < -0.39 is 15.6 Å². The maximum absolute atomic E-state index is 13.5. The number of rotatable bonds is 9. The van der Waals surface area contributed by atoms with Crippen molar-refractivity contribution in [3.63, 3.8) is 0 Å². The van der Waals surface area contributed by atoms with Crippen molar-refractivity contribution in [3.05, 3.63) is 107 Å². The minimum Gasteiger partial charge on any atom is -0.379 e. The molecule has 13 heteroatoms. The van der Waals surface area contributed by atoms with Gasteiger partial charge in [-0.2, -0.15) is 5.10 Å². The summed E-state index contributed by atoms with van der Waals surface area (Å²) in [7, 11) is -1.61. The Kier molecular flexibility index (Phi) is 10.5. The quantitative estimate of drug-likeness (QED) is 0.184. The summed E-state index contributed by atoms with van der Waals surface area (Å²) in [6.45, 7) is 5.97. The van der Waals surface area contributed by atoms with Crippen LogP contribution in [0.1, 0.15) is 48.0 Å². The Labute approximate surface area is 273 Å². The molecule has 1 atom stereocenters. The molecule has 0 spiro atoms. The van der Waals surface area contributed by atoms with Crippen LogP contribution >= 0.6 is 0 Å². The summed E-state index contributed by atoms with van der Waals surface area (Å²) in [5.41, 5.74) is 3.26. The predicted octanol–water partition coefficient (Wildman–Crippen LogP) is 2.26. The second-order valence-corrected chi connectivity index (χ2v) is 12.9. The van der Waals surface area contributed by atoms with E-state index in [1.54, 1.807) is 55.6 Å². The van der Waals surface area contributed by atoms with Crippen LogP contribution in [0.15, 0.2) is 78.0 Å². The zero-order valence-electron chi connectivity index (χ0n) is 26.1. The number of anilines is 1. The number of amides is 3. The normalized spacial score (nSPS) is 14.3. The maximum Gasteiger partial charge on any atom is 0.273 e. The third-order valence-corrected chi connectivity index (χ3v) is 8.79. The molecule has 1 fully saturated rings. The third kappa shape index (κ3) is 8.92. The summed E-state index contributed by atoms with van der Waals surface area (Å²) < 4.78 is 22.8. The Morgan fingerprint density at radius 1 is 0.936 bits per heavy atom. The van der Waals surface area contributed by atoms with Crippen LogP contribution in [0.5, 0.6) is 0 Å². The molecule has 3 heterocycles. The summed E-state index contributed by atoms with van der Waals surface area (Å²) >= 11 is 0. The van der Waals surface area contributed by atoms with Crippen LogP contribution in [0, 0.1) is 18.8 Å². The van der Waals surface area contributed by atoms with Crippen molar-refractivity contribution in [2.45, 2.75) is 11.8 Å². The molecule has 1 aliphatic heterocycles. The van der Waals surface area contributed by atoms with Gasteiger partial charge in [-0.05, 0) is 61.3 Å². The minimum atomic E-state index is -3.31. The van der Waals surface area contributed by atoms with Gasteiger partial charge in [0.25, 0.3) is 17.7 Å². The fourth-order valence-electron chi connectivity index (χ4n) is 4.83. The number of pyridine rings is 1. The van der Waals surface area contributed by atoms with Crippen molar-refractivity contribution in [2.24, 2.45) is 7.05 Å². The van der Waals surface area contributed by atoms with Gasteiger partial charge in [0.2, 0.25) is 0 Å². The molecule has 1 aliphatic rings. The number of benzene rings is 2. The first kappa shape index (κ1) is 33.1. The number of hydrogen-bond acceptors (Lipinski definition) is 8. The Bertz CT molecular complexity index is 1970. The molecule has 12 nitrogen and oxygen atoms in total. The first-order valence-electron chi connectivity index (χ1n) is 14.8. The molecule has 2 aromatic carbocycles. The monoisotopic (exact) mass is 653 g/mol. The summed E-state index contributed by atoms with van der Waals surface area (Å²) in [5, 5.41) is 9.93. The highest BCUT2D eigenvalue weighted by atomic mass is 32.2. The Balaban J connectivity index is 1.21. The van der Waals surface area contributed by atoms with Crippen LogP contribution < -0.4 is 15.4 Å². The van der Waals surface area contributed by atoms with Gasteiger partial charge < -0.3 is 15.4 Å². The second-order valence-electron chi connectivity index (χ2n) is 10.9. The fourth-order valence-corrected chi connectivity index (χ4v) is 5.99. The van der Waals surface area contributed by atoms with Crippen LogP contribution in [-0.4, -0.2) is 86.9 Å². The molecule has 0 bridgehead atoms. The van der Waals surface area contributed by atoms with Gasteiger partial charge in [-0.3, -0.25) is 33.7 Å². The zero-order chi connectivity index (χ0) is 33.4. The number of carbonyl (C=O) groups is 3. The van der Waals surface area contributed by atoms with E-state index in [4.69, 9.17) is 4.74 Å². The number of nitrogens with zero attached hydrogens (tertiary/aromatic N) is 4. The van der Waals surface area contributed by atoms with E-state index in [0.29, 0.717) is 54.4 Å². The SMILES string of the molecule is C=S(=O)(NC(=O)c1cncc(C#Cc2cccc(NC(=O)c3cc(C)nn3C)c2)c1)c1cccc(C(=O)NCCN2CCOCC2)c1. The van der Waals surface area contributed by atoms with E-state index in [1.807, 2.05) is 6.92 Å². The van der Waals surface area contributed by atoms with Crippen molar-refractivity contribution < 1.29 is 23.3 Å². The van der Waals surface area contributed by atoms with Crippen molar-refractivity contribution in [1.29, 1.82) is 0 Å². The lowest BCUT2D eigenvalue weighted by Crippen LogP contribution is -2.41. The molecular formula is C34H35N7O5S. The molecule has 0 saturated carbocycles. The van der Waals surface area contributed by atoms with Crippen molar-refractivity contribution in [1.82, 2.24) is 29.7 Å². The van der Waals surface area contributed by atoms with Gasteiger partial charge in [0, 0.05) is 68.0 Å². The molecule has 242 valence electrons. The molecule has 5 rings (SSSR count). The van der Waals surface area contributed by atoms with Gasteiger partial charge in [-0.15, -0.1) is 0 Å².